The Labute approximate surface area is 81.1 Å². The minimum atomic E-state index is -0.502. The van der Waals surface area contributed by atoms with Gasteiger partial charge < -0.3 is 4.74 Å². The molecule has 0 heterocycles. The van der Waals surface area contributed by atoms with Gasteiger partial charge >= 0.3 is 5.97 Å². The molecule has 0 bridgehead atoms. The van der Waals surface area contributed by atoms with E-state index < -0.39 is 5.97 Å². The Morgan fingerprint density at radius 3 is 2.62 bits per heavy atom. The molecule has 2 nitrogen and oxygen atoms in total. The SMILES string of the molecule is C=C=CC(=O)Oc1ccc(Cl)cc1. The number of rotatable bonds is 2. The van der Waals surface area contributed by atoms with Crippen LogP contribution >= 0.6 is 11.6 Å². The molecule has 3 heteroatoms. The average Bonchev–Trinajstić information content (AvgIpc) is 2.09. The van der Waals surface area contributed by atoms with Crippen molar-refractivity contribution in [2.75, 3.05) is 0 Å². The molecule has 0 amide bonds. The van der Waals surface area contributed by atoms with Crippen LogP contribution in [0.15, 0.2) is 42.7 Å². The standard InChI is InChI=1S/C10H7ClO2/c1-2-3-10(12)13-9-6-4-8(11)5-7-9/h3-7H,1H2. The summed E-state index contributed by atoms with van der Waals surface area (Å²) in [5.74, 6) is -0.0572. The average molecular weight is 195 g/mol. The first-order chi connectivity index (χ1) is 6.22. The lowest BCUT2D eigenvalue weighted by Crippen LogP contribution is -2.02. The Morgan fingerprint density at radius 1 is 1.46 bits per heavy atom. The third-order valence-electron chi connectivity index (χ3n) is 1.25. The summed E-state index contributed by atoms with van der Waals surface area (Å²) in [6.45, 7) is 3.25. The minimum absolute atomic E-state index is 0.445. The number of ether oxygens (including phenoxy) is 1. The highest BCUT2D eigenvalue weighted by Gasteiger charge is 1.98. The van der Waals surface area contributed by atoms with E-state index in [0.717, 1.165) is 6.08 Å². The Hall–Kier alpha value is -1.50. The van der Waals surface area contributed by atoms with Crippen molar-refractivity contribution in [3.8, 4) is 5.75 Å². The Morgan fingerprint density at radius 2 is 2.08 bits per heavy atom. The molecule has 13 heavy (non-hydrogen) atoms. The van der Waals surface area contributed by atoms with Gasteiger partial charge in [-0.25, -0.2) is 4.79 Å². The Kier molecular flexibility index (Phi) is 3.32. The number of halogens is 1. The smallest absolute Gasteiger partial charge is 0.343 e. The van der Waals surface area contributed by atoms with Crippen LogP contribution in [-0.2, 0) is 4.79 Å². The predicted octanol–water partition coefficient (Wildman–Crippen LogP) is 2.59. The van der Waals surface area contributed by atoms with E-state index >= 15 is 0 Å². The fraction of sp³-hybridized carbons (Fsp3) is 0. The van der Waals surface area contributed by atoms with Crippen molar-refractivity contribution in [2.45, 2.75) is 0 Å². The summed E-state index contributed by atoms with van der Waals surface area (Å²) in [7, 11) is 0. The van der Waals surface area contributed by atoms with Gasteiger partial charge in [-0.05, 0) is 24.3 Å². The summed E-state index contributed by atoms with van der Waals surface area (Å²) >= 11 is 5.64. The molecule has 0 aromatic heterocycles. The topological polar surface area (TPSA) is 26.3 Å². The molecular formula is C10H7ClO2. The first kappa shape index (κ1) is 9.59. The van der Waals surface area contributed by atoms with Gasteiger partial charge in [0.05, 0.1) is 6.08 Å². The van der Waals surface area contributed by atoms with Gasteiger partial charge in [0.25, 0.3) is 0 Å². The summed E-state index contributed by atoms with van der Waals surface area (Å²) in [5, 5.41) is 0.596. The van der Waals surface area contributed by atoms with Gasteiger partial charge in [0.2, 0.25) is 0 Å². The van der Waals surface area contributed by atoms with Crippen molar-refractivity contribution < 1.29 is 9.53 Å². The van der Waals surface area contributed by atoms with Crippen molar-refractivity contribution in [1.82, 2.24) is 0 Å². The summed E-state index contributed by atoms with van der Waals surface area (Å²) in [6, 6.07) is 6.50. The molecule has 0 aliphatic rings. The maximum absolute atomic E-state index is 10.9. The second-order valence-electron chi connectivity index (χ2n) is 2.22. The molecule has 0 fully saturated rings. The van der Waals surface area contributed by atoms with Gasteiger partial charge in [-0.2, -0.15) is 0 Å². The third-order valence-corrected chi connectivity index (χ3v) is 1.50. The summed E-state index contributed by atoms with van der Waals surface area (Å²) in [5.41, 5.74) is 2.32. The van der Waals surface area contributed by atoms with Gasteiger partial charge in [0, 0.05) is 5.02 Å². The molecule has 0 spiro atoms. The van der Waals surface area contributed by atoms with Crippen LogP contribution in [-0.4, -0.2) is 5.97 Å². The highest BCUT2D eigenvalue weighted by molar-refractivity contribution is 6.30. The van der Waals surface area contributed by atoms with E-state index in [1.165, 1.54) is 0 Å². The number of hydrogen-bond donors (Lipinski definition) is 0. The van der Waals surface area contributed by atoms with Crippen molar-refractivity contribution in [3.05, 3.63) is 47.7 Å². The summed E-state index contributed by atoms with van der Waals surface area (Å²) in [6.07, 6.45) is 1.12. The van der Waals surface area contributed by atoms with Crippen LogP contribution < -0.4 is 4.74 Å². The van der Waals surface area contributed by atoms with Gasteiger partial charge in [0.15, 0.2) is 0 Å². The van der Waals surface area contributed by atoms with E-state index in [1.54, 1.807) is 24.3 Å². The molecule has 66 valence electrons. The molecule has 0 aliphatic carbocycles. The first-order valence-electron chi connectivity index (χ1n) is 3.55. The zero-order chi connectivity index (χ0) is 9.68. The largest absolute Gasteiger partial charge is 0.423 e. The van der Waals surface area contributed by atoms with Crippen LogP contribution in [0, 0.1) is 0 Å². The van der Waals surface area contributed by atoms with Gasteiger partial charge in [-0.3, -0.25) is 0 Å². The van der Waals surface area contributed by atoms with Crippen molar-refractivity contribution in [2.24, 2.45) is 0 Å². The fourth-order valence-corrected chi connectivity index (χ4v) is 0.858. The molecule has 0 radical (unpaired) electrons. The molecular weight excluding hydrogens is 188 g/mol. The lowest BCUT2D eigenvalue weighted by molar-refractivity contribution is -0.128. The Balaban J connectivity index is 2.69. The number of benzene rings is 1. The van der Waals surface area contributed by atoms with Crippen molar-refractivity contribution >= 4 is 17.6 Å². The monoisotopic (exact) mass is 194 g/mol. The maximum Gasteiger partial charge on any atom is 0.343 e. The molecule has 1 aromatic carbocycles. The maximum atomic E-state index is 10.9. The summed E-state index contributed by atoms with van der Waals surface area (Å²) < 4.78 is 4.85. The Bertz CT molecular complexity index is 348. The number of esters is 1. The third kappa shape index (κ3) is 3.16. The predicted molar refractivity (Wildman–Crippen MR) is 50.8 cm³/mol. The van der Waals surface area contributed by atoms with Gasteiger partial charge in [0.1, 0.15) is 5.75 Å². The number of hydrogen-bond acceptors (Lipinski definition) is 2. The highest BCUT2D eigenvalue weighted by Crippen LogP contribution is 2.15. The minimum Gasteiger partial charge on any atom is -0.423 e. The van der Waals surface area contributed by atoms with Crippen molar-refractivity contribution in [1.29, 1.82) is 0 Å². The van der Waals surface area contributed by atoms with Crippen LogP contribution in [0.1, 0.15) is 0 Å². The van der Waals surface area contributed by atoms with Crippen LogP contribution in [0.5, 0.6) is 5.75 Å². The highest BCUT2D eigenvalue weighted by atomic mass is 35.5. The molecule has 0 atom stereocenters. The van der Waals surface area contributed by atoms with Gasteiger partial charge in [-0.1, -0.05) is 18.2 Å². The van der Waals surface area contributed by atoms with E-state index in [4.69, 9.17) is 16.3 Å². The lowest BCUT2D eigenvalue weighted by atomic mass is 10.3. The second-order valence-corrected chi connectivity index (χ2v) is 2.66. The zero-order valence-corrected chi connectivity index (χ0v) is 7.54. The van der Waals surface area contributed by atoms with Crippen molar-refractivity contribution in [3.63, 3.8) is 0 Å². The molecule has 1 aromatic rings. The van der Waals surface area contributed by atoms with Crippen LogP contribution in [0.4, 0.5) is 0 Å². The van der Waals surface area contributed by atoms with E-state index in [9.17, 15) is 4.79 Å². The molecule has 0 saturated carbocycles. The van der Waals surface area contributed by atoms with Gasteiger partial charge in [-0.15, -0.1) is 5.73 Å². The molecule has 0 unspecified atom stereocenters. The number of carbonyl (C=O) groups is 1. The zero-order valence-electron chi connectivity index (χ0n) is 6.79. The first-order valence-corrected chi connectivity index (χ1v) is 3.93. The molecule has 0 aliphatic heterocycles. The van der Waals surface area contributed by atoms with Crippen LogP contribution in [0.3, 0.4) is 0 Å². The van der Waals surface area contributed by atoms with Crippen LogP contribution in [0.2, 0.25) is 5.02 Å². The van der Waals surface area contributed by atoms with E-state index in [-0.39, 0.29) is 0 Å². The van der Waals surface area contributed by atoms with Crippen LogP contribution in [0.25, 0.3) is 0 Å². The quantitative estimate of drug-likeness (QED) is 0.313. The van der Waals surface area contributed by atoms with E-state index in [0.29, 0.717) is 10.8 Å². The lowest BCUT2D eigenvalue weighted by Gasteiger charge is -1.99. The molecule has 0 N–H and O–H groups in total. The number of carbonyl (C=O) groups excluding carboxylic acids is 1. The fourth-order valence-electron chi connectivity index (χ4n) is 0.732. The summed E-state index contributed by atoms with van der Waals surface area (Å²) in [4.78, 5) is 10.9. The molecule has 0 saturated heterocycles. The molecule has 1 rings (SSSR count). The van der Waals surface area contributed by atoms with E-state index in [1.807, 2.05) is 0 Å². The second kappa shape index (κ2) is 4.51. The van der Waals surface area contributed by atoms with E-state index in [2.05, 4.69) is 12.3 Å². The normalized spacial score (nSPS) is 8.69.